The molecule has 1 amide bonds. The number of nitrogens with zero attached hydrogens (tertiary/aromatic N) is 1. The Bertz CT molecular complexity index is 257. The summed E-state index contributed by atoms with van der Waals surface area (Å²) in [5.74, 6) is 0.634. The van der Waals surface area contributed by atoms with E-state index in [0.717, 1.165) is 64.9 Å². The molecule has 4 nitrogen and oxygen atoms in total. The zero-order valence-corrected chi connectivity index (χ0v) is 11.5. The number of ether oxygens (including phenoxy) is 1. The van der Waals surface area contributed by atoms with Crippen molar-refractivity contribution in [2.45, 2.75) is 45.1 Å². The first-order valence-electron chi connectivity index (χ1n) is 7.42. The van der Waals surface area contributed by atoms with Crippen LogP contribution >= 0.6 is 0 Å². The van der Waals surface area contributed by atoms with Crippen molar-refractivity contribution in [3.63, 3.8) is 0 Å². The molecule has 1 aliphatic heterocycles. The zero-order chi connectivity index (χ0) is 12.8. The highest BCUT2D eigenvalue weighted by atomic mass is 16.5. The van der Waals surface area contributed by atoms with Crippen molar-refractivity contribution < 1.29 is 9.53 Å². The van der Waals surface area contributed by atoms with Crippen LogP contribution in [0.5, 0.6) is 0 Å². The Kier molecular flexibility index (Phi) is 5.45. The van der Waals surface area contributed by atoms with Gasteiger partial charge in [-0.05, 0) is 32.1 Å². The lowest BCUT2D eigenvalue weighted by Gasteiger charge is -2.34. The topological polar surface area (TPSA) is 41.6 Å². The molecular weight excluding hydrogens is 228 g/mol. The fraction of sp³-hybridized carbons (Fsp3) is 0.929. The Morgan fingerprint density at radius 1 is 1.22 bits per heavy atom. The Morgan fingerprint density at radius 3 is 2.50 bits per heavy atom. The van der Waals surface area contributed by atoms with Gasteiger partial charge in [0.1, 0.15) is 0 Å². The maximum Gasteiger partial charge on any atom is 0.225 e. The van der Waals surface area contributed by atoms with Gasteiger partial charge in [0, 0.05) is 38.7 Å². The molecule has 0 bridgehead atoms. The number of amides is 1. The average Bonchev–Trinajstić information content (AvgIpc) is 2.46. The molecule has 1 saturated carbocycles. The fourth-order valence-corrected chi connectivity index (χ4v) is 2.90. The molecule has 0 atom stereocenters. The van der Waals surface area contributed by atoms with Crippen molar-refractivity contribution in [3.8, 4) is 0 Å². The van der Waals surface area contributed by atoms with Crippen molar-refractivity contribution in [2.75, 3.05) is 32.8 Å². The van der Waals surface area contributed by atoms with Crippen LogP contribution in [0.1, 0.15) is 39.0 Å². The number of nitrogens with one attached hydrogen (secondary N) is 1. The number of rotatable bonds is 4. The second kappa shape index (κ2) is 7.10. The molecule has 1 N–H and O–H groups in total. The van der Waals surface area contributed by atoms with E-state index in [9.17, 15) is 4.79 Å². The molecule has 2 aliphatic rings. The van der Waals surface area contributed by atoms with Gasteiger partial charge in [-0.3, -0.25) is 4.79 Å². The van der Waals surface area contributed by atoms with Gasteiger partial charge in [-0.25, -0.2) is 0 Å². The van der Waals surface area contributed by atoms with Crippen molar-refractivity contribution in [3.05, 3.63) is 0 Å². The van der Waals surface area contributed by atoms with E-state index in [1.54, 1.807) is 0 Å². The molecule has 2 fully saturated rings. The monoisotopic (exact) mass is 254 g/mol. The Hall–Kier alpha value is -0.610. The Balaban J connectivity index is 1.73. The highest BCUT2D eigenvalue weighted by Gasteiger charge is 2.30. The van der Waals surface area contributed by atoms with E-state index in [1.165, 1.54) is 0 Å². The molecule has 0 aromatic carbocycles. The summed E-state index contributed by atoms with van der Waals surface area (Å²) in [4.78, 5) is 14.4. The third kappa shape index (κ3) is 3.69. The second-order valence-electron chi connectivity index (χ2n) is 5.42. The van der Waals surface area contributed by atoms with Crippen molar-refractivity contribution >= 4 is 5.91 Å². The Labute approximate surface area is 110 Å². The van der Waals surface area contributed by atoms with E-state index < -0.39 is 0 Å². The highest BCUT2D eigenvalue weighted by molar-refractivity contribution is 5.79. The van der Waals surface area contributed by atoms with Crippen LogP contribution in [-0.4, -0.2) is 49.7 Å². The van der Waals surface area contributed by atoms with Crippen LogP contribution in [0.25, 0.3) is 0 Å². The third-order valence-corrected chi connectivity index (χ3v) is 4.01. The number of carbonyl (C=O) groups is 1. The van der Waals surface area contributed by atoms with Gasteiger partial charge in [0.05, 0.1) is 6.10 Å². The summed E-state index contributed by atoms with van der Waals surface area (Å²) in [5, 5.41) is 3.29. The van der Waals surface area contributed by atoms with Crippen molar-refractivity contribution in [2.24, 2.45) is 5.92 Å². The number of hydrogen-bond acceptors (Lipinski definition) is 3. The summed E-state index contributed by atoms with van der Waals surface area (Å²) in [6.07, 6.45) is 5.62. The first-order valence-corrected chi connectivity index (χ1v) is 7.42. The van der Waals surface area contributed by atoms with Crippen LogP contribution in [0.3, 0.4) is 0 Å². The summed E-state index contributed by atoms with van der Waals surface area (Å²) in [7, 11) is 0. The average molecular weight is 254 g/mol. The molecule has 0 spiro atoms. The lowest BCUT2D eigenvalue weighted by atomic mass is 9.86. The van der Waals surface area contributed by atoms with Crippen LogP contribution in [0.4, 0.5) is 0 Å². The first-order chi connectivity index (χ1) is 8.81. The molecule has 0 aromatic heterocycles. The van der Waals surface area contributed by atoms with Crippen LogP contribution in [0, 0.1) is 5.92 Å². The van der Waals surface area contributed by atoms with Gasteiger partial charge in [-0.1, -0.05) is 6.92 Å². The SMILES string of the molecule is CCCO[C@H]1CC[C@@H](C(=O)N2CCNCC2)CC1. The normalized spacial score (nSPS) is 29.3. The van der Waals surface area contributed by atoms with Gasteiger partial charge >= 0.3 is 0 Å². The van der Waals surface area contributed by atoms with Gasteiger partial charge in [-0.15, -0.1) is 0 Å². The molecule has 1 saturated heterocycles. The standard InChI is InChI=1S/C14H26N2O2/c1-2-11-18-13-5-3-12(4-6-13)14(17)16-9-7-15-8-10-16/h12-13,15H,2-11H2,1H3/t12-,13+. The van der Waals surface area contributed by atoms with Gasteiger partial charge in [-0.2, -0.15) is 0 Å². The van der Waals surface area contributed by atoms with Crippen LogP contribution < -0.4 is 5.32 Å². The van der Waals surface area contributed by atoms with Crippen molar-refractivity contribution in [1.82, 2.24) is 10.2 Å². The van der Waals surface area contributed by atoms with Crippen LogP contribution in [0.2, 0.25) is 0 Å². The number of hydrogen-bond donors (Lipinski definition) is 1. The summed E-state index contributed by atoms with van der Waals surface area (Å²) in [6.45, 7) is 6.65. The van der Waals surface area contributed by atoms with E-state index in [4.69, 9.17) is 4.74 Å². The largest absolute Gasteiger partial charge is 0.378 e. The maximum atomic E-state index is 12.3. The maximum absolute atomic E-state index is 12.3. The molecule has 4 heteroatoms. The van der Waals surface area contributed by atoms with E-state index in [1.807, 2.05) is 4.90 Å². The number of carbonyl (C=O) groups excluding carboxylic acids is 1. The van der Waals surface area contributed by atoms with E-state index in [-0.39, 0.29) is 5.92 Å². The predicted molar refractivity (Wildman–Crippen MR) is 71.4 cm³/mol. The zero-order valence-electron chi connectivity index (χ0n) is 11.5. The first kappa shape index (κ1) is 13.8. The minimum Gasteiger partial charge on any atom is -0.378 e. The minimum absolute atomic E-state index is 0.254. The molecule has 0 radical (unpaired) electrons. The second-order valence-corrected chi connectivity index (χ2v) is 5.42. The molecule has 0 unspecified atom stereocenters. The molecular formula is C14H26N2O2. The van der Waals surface area contributed by atoms with Gasteiger partial charge in [0.15, 0.2) is 0 Å². The van der Waals surface area contributed by atoms with E-state index >= 15 is 0 Å². The Morgan fingerprint density at radius 2 is 1.89 bits per heavy atom. The summed E-state index contributed by atoms with van der Waals surface area (Å²) in [5.41, 5.74) is 0. The molecule has 104 valence electrons. The third-order valence-electron chi connectivity index (χ3n) is 4.01. The predicted octanol–water partition coefficient (Wildman–Crippen LogP) is 1.40. The summed E-state index contributed by atoms with van der Waals surface area (Å²) >= 11 is 0. The minimum atomic E-state index is 0.254. The smallest absolute Gasteiger partial charge is 0.225 e. The van der Waals surface area contributed by atoms with Crippen molar-refractivity contribution in [1.29, 1.82) is 0 Å². The lowest BCUT2D eigenvalue weighted by molar-refractivity contribution is -0.138. The quantitative estimate of drug-likeness (QED) is 0.824. The van der Waals surface area contributed by atoms with Crippen LogP contribution in [-0.2, 0) is 9.53 Å². The van der Waals surface area contributed by atoms with Gasteiger partial charge in [0.2, 0.25) is 5.91 Å². The summed E-state index contributed by atoms with van der Waals surface area (Å²) < 4.78 is 5.77. The van der Waals surface area contributed by atoms with Gasteiger partial charge < -0.3 is 15.0 Å². The molecule has 18 heavy (non-hydrogen) atoms. The summed E-state index contributed by atoms with van der Waals surface area (Å²) in [6, 6.07) is 0. The molecule has 1 aliphatic carbocycles. The molecule has 2 rings (SSSR count). The van der Waals surface area contributed by atoms with E-state index in [0.29, 0.717) is 12.0 Å². The van der Waals surface area contributed by atoms with E-state index in [2.05, 4.69) is 12.2 Å². The lowest BCUT2D eigenvalue weighted by Crippen LogP contribution is -2.49. The van der Waals surface area contributed by atoms with Crippen LogP contribution in [0.15, 0.2) is 0 Å². The highest BCUT2D eigenvalue weighted by Crippen LogP contribution is 2.27. The number of piperazine rings is 1. The molecule has 0 aromatic rings. The van der Waals surface area contributed by atoms with Gasteiger partial charge in [0.25, 0.3) is 0 Å². The fourth-order valence-electron chi connectivity index (χ4n) is 2.90. The molecule has 1 heterocycles.